The van der Waals surface area contributed by atoms with Crippen LogP contribution < -0.4 is 15.5 Å². The third-order valence-corrected chi connectivity index (χ3v) is 4.57. The highest BCUT2D eigenvalue weighted by molar-refractivity contribution is 14.0. The first-order chi connectivity index (χ1) is 11.8. The number of nitrogens with one attached hydrogen (secondary N) is 2. The smallest absolute Gasteiger partial charge is 0.223 e. The quantitative estimate of drug-likeness (QED) is 0.305. The number of aliphatic imine (C=N–C) groups is 1. The first-order valence-electron chi connectivity index (χ1n) is 8.81. The van der Waals surface area contributed by atoms with Gasteiger partial charge in [-0.25, -0.2) is 0 Å². The Labute approximate surface area is 167 Å². The second-order valence-corrected chi connectivity index (χ2v) is 6.35. The predicted molar refractivity (Wildman–Crippen MR) is 113 cm³/mol. The molecule has 1 aromatic carbocycles. The lowest BCUT2D eigenvalue weighted by atomic mass is 10.2. The van der Waals surface area contributed by atoms with Crippen LogP contribution in [-0.2, 0) is 4.79 Å². The molecule has 0 aromatic heterocycles. The number of piperazine rings is 1. The fraction of sp³-hybridized carbons (Fsp3) is 0.556. The lowest BCUT2D eigenvalue weighted by molar-refractivity contribution is -0.122. The molecule has 0 atom stereocenters. The number of rotatable bonds is 5. The van der Waals surface area contributed by atoms with E-state index < -0.39 is 0 Å². The average molecular weight is 457 g/mol. The van der Waals surface area contributed by atoms with Crippen molar-refractivity contribution in [3.05, 3.63) is 30.3 Å². The number of halogens is 1. The van der Waals surface area contributed by atoms with E-state index in [4.69, 9.17) is 0 Å². The lowest BCUT2D eigenvalue weighted by Gasteiger charge is -2.37. The molecule has 1 heterocycles. The summed E-state index contributed by atoms with van der Waals surface area (Å²) in [6, 6.07) is 10.5. The summed E-state index contributed by atoms with van der Waals surface area (Å²) >= 11 is 0. The molecule has 3 rings (SSSR count). The van der Waals surface area contributed by atoms with Crippen molar-refractivity contribution in [3.63, 3.8) is 0 Å². The summed E-state index contributed by atoms with van der Waals surface area (Å²) in [7, 11) is 1.81. The Hall–Kier alpha value is -1.51. The number of guanidine groups is 1. The van der Waals surface area contributed by atoms with E-state index >= 15 is 0 Å². The summed E-state index contributed by atoms with van der Waals surface area (Å²) in [6.45, 7) is 5.24. The van der Waals surface area contributed by atoms with Crippen LogP contribution >= 0.6 is 24.0 Å². The minimum Gasteiger partial charge on any atom is -0.368 e. The van der Waals surface area contributed by atoms with Gasteiger partial charge in [0.05, 0.1) is 0 Å². The van der Waals surface area contributed by atoms with Gasteiger partial charge in [-0.2, -0.15) is 0 Å². The molecule has 2 aliphatic rings. The van der Waals surface area contributed by atoms with E-state index in [0.717, 1.165) is 45.0 Å². The number of hydrogen-bond acceptors (Lipinski definition) is 3. The van der Waals surface area contributed by atoms with E-state index in [1.807, 2.05) is 13.1 Å². The Morgan fingerprint density at radius 2 is 1.72 bits per heavy atom. The Morgan fingerprint density at radius 3 is 2.32 bits per heavy atom. The molecule has 25 heavy (non-hydrogen) atoms. The molecule has 138 valence electrons. The highest BCUT2D eigenvalue weighted by atomic mass is 127. The zero-order valence-corrected chi connectivity index (χ0v) is 17.1. The van der Waals surface area contributed by atoms with Crippen molar-refractivity contribution in [2.45, 2.75) is 12.8 Å². The third-order valence-electron chi connectivity index (χ3n) is 4.57. The van der Waals surface area contributed by atoms with Crippen LogP contribution in [0.2, 0.25) is 0 Å². The van der Waals surface area contributed by atoms with Crippen molar-refractivity contribution in [1.82, 2.24) is 15.5 Å². The van der Waals surface area contributed by atoms with E-state index in [9.17, 15) is 4.79 Å². The van der Waals surface area contributed by atoms with E-state index in [1.165, 1.54) is 5.69 Å². The molecule has 7 heteroatoms. The van der Waals surface area contributed by atoms with Gasteiger partial charge < -0.3 is 20.4 Å². The number of amides is 1. The predicted octanol–water partition coefficient (Wildman–Crippen LogP) is 1.53. The minimum atomic E-state index is 0. The molecule has 0 spiro atoms. The zero-order valence-electron chi connectivity index (χ0n) is 14.8. The maximum absolute atomic E-state index is 11.6. The molecule has 1 saturated carbocycles. The molecule has 2 N–H and O–H groups in total. The minimum absolute atomic E-state index is 0. The Kier molecular flexibility index (Phi) is 7.80. The van der Waals surface area contributed by atoms with Crippen LogP contribution in [0.25, 0.3) is 0 Å². The maximum atomic E-state index is 11.6. The first kappa shape index (κ1) is 19.8. The molecule has 1 amide bonds. The molecule has 1 aliphatic carbocycles. The Balaban J connectivity index is 0.00000225. The fourth-order valence-electron chi connectivity index (χ4n) is 3.00. The normalized spacial score (nSPS) is 17.7. The van der Waals surface area contributed by atoms with Crippen LogP contribution in [0.4, 0.5) is 5.69 Å². The standard InChI is InChI=1S/C18H27N5O.HI/c1-19-18(21-10-9-20-17(24)15-7-8-15)23-13-11-22(12-14-23)16-5-3-2-4-6-16;/h2-6,15H,7-14H2,1H3,(H,19,21)(H,20,24);1H. The third kappa shape index (κ3) is 5.76. The second kappa shape index (κ2) is 9.84. The number of carbonyl (C=O) groups is 1. The average Bonchev–Trinajstić information content (AvgIpc) is 3.48. The topological polar surface area (TPSA) is 60.0 Å². The Morgan fingerprint density at radius 1 is 1.08 bits per heavy atom. The van der Waals surface area contributed by atoms with E-state index in [0.29, 0.717) is 13.1 Å². The van der Waals surface area contributed by atoms with Crippen molar-refractivity contribution >= 4 is 41.5 Å². The van der Waals surface area contributed by atoms with Crippen LogP contribution in [0.3, 0.4) is 0 Å². The van der Waals surface area contributed by atoms with E-state index in [1.54, 1.807) is 0 Å². The number of nitrogens with zero attached hydrogens (tertiary/aromatic N) is 3. The molecule has 0 bridgehead atoms. The van der Waals surface area contributed by atoms with Crippen molar-refractivity contribution < 1.29 is 4.79 Å². The van der Waals surface area contributed by atoms with E-state index in [-0.39, 0.29) is 35.8 Å². The number of anilines is 1. The molecule has 0 radical (unpaired) electrons. The van der Waals surface area contributed by atoms with Gasteiger partial charge >= 0.3 is 0 Å². The van der Waals surface area contributed by atoms with Crippen LogP contribution in [-0.4, -0.2) is 63.1 Å². The fourth-order valence-corrected chi connectivity index (χ4v) is 3.00. The van der Waals surface area contributed by atoms with Gasteiger partial charge in [-0.15, -0.1) is 24.0 Å². The molecule has 1 saturated heterocycles. The van der Waals surface area contributed by atoms with Gasteiger partial charge in [0.1, 0.15) is 0 Å². The molecule has 2 fully saturated rings. The summed E-state index contributed by atoms with van der Waals surface area (Å²) in [5, 5.41) is 6.32. The molecule has 1 aliphatic heterocycles. The van der Waals surface area contributed by atoms with Crippen LogP contribution in [0.15, 0.2) is 35.3 Å². The summed E-state index contributed by atoms with van der Waals surface area (Å²) in [4.78, 5) is 20.7. The molecular weight excluding hydrogens is 429 g/mol. The first-order valence-corrected chi connectivity index (χ1v) is 8.81. The van der Waals surface area contributed by atoms with Crippen molar-refractivity contribution in [3.8, 4) is 0 Å². The van der Waals surface area contributed by atoms with Gasteiger partial charge in [0.2, 0.25) is 5.91 Å². The largest absolute Gasteiger partial charge is 0.368 e. The van der Waals surface area contributed by atoms with Gasteiger partial charge in [-0.05, 0) is 25.0 Å². The SMILES string of the molecule is CN=C(NCCNC(=O)C1CC1)N1CCN(c2ccccc2)CC1.I. The van der Waals surface area contributed by atoms with Crippen molar-refractivity contribution in [2.24, 2.45) is 10.9 Å². The summed E-state index contributed by atoms with van der Waals surface area (Å²) < 4.78 is 0. The highest BCUT2D eigenvalue weighted by Crippen LogP contribution is 2.28. The number of para-hydroxylation sites is 1. The van der Waals surface area contributed by atoms with Gasteiger partial charge in [0, 0.05) is 57.9 Å². The monoisotopic (exact) mass is 457 g/mol. The number of benzene rings is 1. The van der Waals surface area contributed by atoms with Gasteiger partial charge in [-0.1, -0.05) is 18.2 Å². The van der Waals surface area contributed by atoms with Crippen LogP contribution in [0.1, 0.15) is 12.8 Å². The van der Waals surface area contributed by atoms with E-state index in [2.05, 4.69) is 49.7 Å². The van der Waals surface area contributed by atoms with Crippen molar-refractivity contribution in [2.75, 3.05) is 51.2 Å². The van der Waals surface area contributed by atoms with Gasteiger partial charge in [0.25, 0.3) is 0 Å². The molecule has 1 aromatic rings. The molecule has 0 unspecified atom stereocenters. The summed E-state index contributed by atoms with van der Waals surface area (Å²) in [5.41, 5.74) is 1.28. The van der Waals surface area contributed by atoms with Crippen LogP contribution in [0, 0.1) is 5.92 Å². The van der Waals surface area contributed by atoms with Crippen molar-refractivity contribution in [1.29, 1.82) is 0 Å². The Bertz CT molecular complexity index is 568. The summed E-state index contributed by atoms with van der Waals surface area (Å²) in [6.07, 6.45) is 2.10. The number of hydrogen-bond donors (Lipinski definition) is 2. The maximum Gasteiger partial charge on any atom is 0.223 e. The lowest BCUT2D eigenvalue weighted by Crippen LogP contribution is -2.53. The van der Waals surface area contributed by atoms with Gasteiger partial charge in [0.15, 0.2) is 5.96 Å². The molecule has 6 nitrogen and oxygen atoms in total. The number of carbonyl (C=O) groups excluding carboxylic acids is 1. The molecular formula is C18H28IN5O. The second-order valence-electron chi connectivity index (χ2n) is 6.35. The zero-order chi connectivity index (χ0) is 16.8. The van der Waals surface area contributed by atoms with Crippen LogP contribution in [0.5, 0.6) is 0 Å². The summed E-state index contributed by atoms with van der Waals surface area (Å²) in [5.74, 6) is 1.39. The highest BCUT2D eigenvalue weighted by Gasteiger charge is 2.29. The van der Waals surface area contributed by atoms with Gasteiger partial charge in [-0.3, -0.25) is 9.79 Å².